The first-order chi connectivity index (χ1) is 24.2. The van der Waals surface area contributed by atoms with Crippen LogP contribution in [0.1, 0.15) is 0 Å². The average molecular weight is 631 g/mol. The molecule has 0 bridgehead atoms. The minimum atomic E-state index is 0.589. The van der Waals surface area contributed by atoms with Gasteiger partial charge in [-0.25, -0.2) is 29.9 Å². The van der Waals surface area contributed by atoms with Crippen molar-refractivity contribution in [1.82, 2.24) is 29.9 Å². The summed E-state index contributed by atoms with van der Waals surface area (Å²) in [6, 6.07) is 52.0. The van der Waals surface area contributed by atoms with E-state index < -0.39 is 0 Å². The molecule has 9 rings (SSSR count). The van der Waals surface area contributed by atoms with Crippen molar-refractivity contribution in [3.05, 3.63) is 158 Å². The Morgan fingerprint density at radius 1 is 0.306 bits per heavy atom. The molecule has 230 valence electrons. The Morgan fingerprint density at radius 2 is 0.755 bits per heavy atom. The lowest BCUT2D eigenvalue weighted by molar-refractivity contribution is 0.620. The zero-order valence-electron chi connectivity index (χ0n) is 26.1. The molecule has 3 aromatic heterocycles. The number of fused-ring (bicyclic) bond motifs is 2. The maximum Gasteiger partial charge on any atom is 0.227 e. The summed E-state index contributed by atoms with van der Waals surface area (Å²) < 4.78 is 6.00. The highest BCUT2D eigenvalue weighted by Crippen LogP contribution is 2.32. The smallest absolute Gasteiger partial charge is 0.227 e. The first-order valence-electron chi connectivity index (χ1n) is 16.0. The number of oxazole rings is 1. The Labute approximate surface area is 281 Å². The van der Waals surface area contributed by atoms with E-state index in [0.29, 0.717) is 29.2 Å². The second-order valence-corrected chi connectivity index (χ2v) is 11.6. The summed E-state index contributed by atoms with van der Waals surface area (Å²) in [4.78, 5) is 29.3. The summed E-state index contributed by atoms with van der Waals surface area (Å²) in [5, 5.41) is 0.976. The molecular weight excluding hydrogens is 605 g/mol. The van der Waals surface area contributed by atoms with Gasteiger partial charge in [0.15, 0.2) is 28.9 Å². The van der Waals surface area contributed by atoms with Crippen molar-refractivity contribution >= 4 is 22.0 Å². The summed E-state index contributed by atoms with van der Waals surface area (Å²) in [5.74, 6) is 3.06. The first kappa shape index (κ1) is 28.4. The first-order valence-corrected chi connectivity index (χ1v) is 16.0. The molecule has 7 heteroatoms. The van der Waals surface area contributed by atoms with Gasteiger partial charge in [0.05, 0.1) is 11.2 Å². The maximum absolute atomic E-state index is 6.00. The highest BCUT2D eigenvalue weighted by Gasteiger charge is 2.15. The molecule has 0 fully saturated rings. The van der Waals surface area contributed by atoms with Crippen LogP contribution >= 0.6 is 0 Å². The van der Waals surface area contributed by atoms with Gasteiger partial charge in [0.2, 0.25) is 5.89 Å². The van der Waals surface area contributed by atoms with Crippen molar-refractivity contribution in [2.24, 2.45) is 0 Å². The summed E-state index contributed by atoms with van der Waals surface area (Å²) in [7, 11) is 0. The van der Waals surface area contributed by atoms with Crippen molar-refractivity contribution < 1.29 is 4.42 Å². The molecule has 0 aliphatic rings. The van der Waals surface area contributed by atoms with E-state index in [2.05, 4.69) is 23.2 Å². The van der Waals surface area contributed by atoms with Gasteiger partial charge in [-0.05, 0) is 30.3 Å². The lowest BCUT2D eigenvalue weighted by atomic mass is 10.0. The van der Waals surface area contributed by atoms with Gasteiger partial charge in [0.25, 0.3) is 0 Å². The van der Waals surface area contributed by atoms with E-state index in [1.165, 1.54) is 0 Å². The molecule has 49 heavy (non-hydrogen) atoms. The number of para-hydroxylation sites is 3. The Balaban J connectivity index is 1.08. The van der Waals surface area contributed by atoms with Crippen molar-refractivity contribution in [1.29, 1.82) is 0 Å². The molecule has 0 saturated heterocycles. The van der Waals surface area contributed by atoms with Crippen LogP contribution in [-0.2, 0) is 0 Å². The summed E-state index contributed by atoms with van der Waals surface area (Å²) in [6.45, 7) is 0. The quantitative estimate of drug-likeness (QED) is 0.181. The normalized spacial score (nSPS) is 11.3. The van der Waals surface area contributed by atoms with Crippen LogP contribution in [0.2, 0.25) is 0 Å². The van der Waals surface area contributed by atoms with Crippen LogP contribution in [0.25, 0.3) is 90.3 Å². The fourth-order valence-corrected chi connectivity index (χ4v) is 5.90. The second-order valence-electron chi connectivity index (χ2n) is 11.6. The third kappa shape index (κ3) is 5.49. The number of benzene rings is 6. The van der Waals surface area contributed by atoms with Gasteiger partial charge >= 0.3 is 0 Å². The van der Waals surface area contributed by atoms with E-state index in [1.807, 2.05) is 140 Å². The number of nitrogens with zero attached hydrogens (tertiary/aromatic N) is 6. The molecule has 0 amide bonds. The lowest BCUT2D eigenvalue weighted by Crippen LogP contribution is -2.00. The van der Waals surface area contributed by atoms with Gasteiger partial charge in [0, 0.05) is 38.8 Å². The predicted octanol–water partition coefficient (Wildman–Crippen LogP) is 9.96. The third-order valence-corrected chi connectivity index (χ3v) is 8.40. The molecule has 7 nitrogen and oxygen atoms in total. The maximum atomic E-state index is 6.00. The third-order valence-electron chi connectivity index (χ3n) is 8.40. The minimum Gasteiger partial charge on any atom is -0.436 e. The van der Waals surface area contributed by atoms with Crippen LogP contribution in [0.15, 0.2) is 162 Å². The van der Waals surface area contributed by atoms with Crippen LogP contribution in [0.3, 0.4) is 0 Å². The van der Waals surface area contributed by atoms with Crippen molar-refractivity contribution in [3.8, 4) is 68.3 Å². The standard InChI is InChI=1S/C42H26N6O/c1-3-11-28(12-4-1)39-46-40(29-13-5-2-6-14-29)48-41(47-39)31-23-21-30(22-24-31)38-43-34-16-8-7-15-33(34)37(45-38)27-19-25-32(26-20-27)42-44-35-17-9-10-18-36(35)49-42/h1-26H. The largest absolute Gasteiger partial charge is 0.436 e. The molecule has 0 N–H and O–H groups in total. The summed E-state index contributed by atoms with van der Waals surface area (Å²) in [5.41, 5.74) is 8.82. The highest BCUT2D eigenvalue weighted by atomic mass is 16.3. The van der Waals surface area contributed by atoms with Gasteiger partial charge in [-0.1, -0.05) is 127 Å². The number of aromatic nitrogens is 6. The minimum absolute atomic E-state index is 0.589. The van der Waals surface area contributed by atoms with Crippen LogP contribution in [0.5, 0.6) is 0 Å². The van der Waals surface area contributed by atoms with E-state index in [1.54, 1.807) is 0 Å². The van der Waals surface area contributed by atoms with Crippen molar-refractivity contribution in [2.75, 3.05) is 0 Å². The monoisotopic (exact) mass is 630 g/mol. The number of hydrogen-bond acceptors (Lipinski definition) is 7. The van der Waals surface area contributed by atoms with Crippen LogP contribution < -0.4 is 0 Å². The van der Waals surface area contributed by atoms with E-state index >= 15 is 0 Å². The molecule has 0 aliphatic heterocycles. The molecule has 9 aromatic rings. The van der Waals surface area contributed by atoms with Gasteiger partial charge in [-0.3, -0.25) is 0 Å². The topological polar surface area (TPSA) is 90.5 Å². The second kappa shape index (κ2) is 12.1. The molecule has 0 spiro atoms. The molecule has 0 radical (unpaired) electrons. The van der Waals surface area contributed by atoms with Crippen molar-refractivity contribution in [2.45, 2.75) is 0 Å². The fraction of sp³-hybridized carbons (Fsp3) is 0. The summed E-state index contributed by atoms with van der Waals surface area (Å²) >= 11 is 0. The fourth-order valence-electron chi connectivity index (χ4n) is 5.90. The van der Waals surface area contributed by atoms with E-state index in [0.717, 1.165) is 61.1 Å². The Kier molecular flexibility index (Phi) is 6.98. The molecule has 0 saturated carbocycles. The van der Waals surface area contributed by atoms with Crippen LogP contribution in [0.4, 0.5) is 0 Å². The lowest BCUT2D eigenvalue weighted by Gasteiger charge is -2.11. The predicted molar refractivity (Wildman–Crippen MR) is 193 cm³/mol. The average Bonchev–Trinajstić information content (AvgIpc) is 3.63. The SMILES string of the molecule is c1ccc(-c2nc(-c3ccccc3)nc(-c3ccc(-c4nc(-c5ccc(-c6nc7ccccc7o6)cc5)c5ccccc5n4)cc3)n2)cc1. The van der Waals surface area contributed by atoms with Crippen LogP contribution in [-0.4, -0.2) is 29.9 Å². The molecule has 3 heterocycles. The summed E-state index contributed by atoms with van der Waals surface area (Å²) in [6.07, 6.45) is 0. The van der Waals surface area contributed by atoms with E-state index in [-0.39, 0.29) is 0 Å². The Bertz CT molecular complexity index is 2490. The molecular formula is C42H26N6O. The van der Waals surface area contributed by atoms with Gasteiger partial charge < -0.3 is 4.42 Å². The van der Waals surface area contributed by atoms with Gasteiger partial charge in [-0.2, -0.15) is 0 Å². The highest BCUT2D eigenvalue weighted by molar-refractivity contribution is 5.94. The van der Waals surface area contributed by atoms with Gasteiger partial charge in [-0.15, -0.1) is 0 Å². The zero-order chi connectivity index (χ0) is 32.6. The Hall–Kier alpha value is -6.86. The van der Waals surface area contributed by atoms with Crippen molar-refractivity contribution in [3.63, 3.8) is 0 Å². The molecule has 0 unspecified atom stereocenters. The van der Waals surface area contributed by atoms with Crippen LogP contribution in [0, 0.1) is 0 Å². The van der Waals surface area contributed by atoms with E-state index in [9.17, 15) is 0 Å². The Morgan fingerprint density at radius 3 is 1.35 bits per heavy atom. The number of rotatable bonds is 6. The molecule has 0 atom stereocenters. The molecule has 0 aliphatic carbocycles. The van der Waals surface area contributed by atoms with Gasteiger partial charge in [0.1, 0.15) is 5.52 Å². The molecule has 6 aromatic carbocycles. The zero-order valence-corrected chi connectivity index (χ0v) is 26.1. The van der Waals surface area contributed by atoms with E-state index in [4.69, 9.17) is 29.3 Å². The number of hydrogen-bond donors (Lipinski definition) is 0.